The van der Waals surface area contributed by atoms with Crippen molar-refractivity contribution in [1.29, 1.82) is 0 Å². The Bertz CT molecular complexity index is 246. The molecule has 0 spiro atoms. The zero-order valence-corrected chi connectivity index (χ0v) is 8.80. The largest absolute Gasteiger partial charge is 0.385 e. The van der Waals surface area contributed by atoms with Gasteiger partial charge in [-0.1, -0.05) is 32.1 Å². The van der Waals surface area contributed by atoms with Gasteiger partial charge < -0.3 is 5.32 Å². The van der Waals surface area contributed by atoms with Crippen molar-refractivity contribution >= 4 is 0 Å². The number of hydrogen-bond donors (Lipinski definition) is 1. The Morgan fingerprint density at radius 3 is 2.54 bits per heavy atom. The molecule has 0 fully saturated rings. The first-order valence-corrected chi connectivity index (χ1v) is 5.11. The van der Waals surface area contributed by atoms with Gasteiger partial charge in [-0.3, -0.25) is 0 Å². The highest BCUT2D eigenvalue weighted by atomic mass is 14.9. The average Bonchev–Trinajstić information content (AvgIpc) is 2.30. The monoisotopic (exact) mass is 177 g/mol. The molecule has 1 aliphatic carbocycles. The second-order valence-corrected chi connectivity index (χ2v) is 3.40. The molecule has 1 N–H and O–H groups in total. The van der Waals surface area contributed by atoms with Crippen molar-refractivity contribution in [2.75, 3.05) is 6.54 Å². The molecular weight excluding hydrogens is 158 g/mol. The van der Waals surface area contributed by atoms with Crippen molar-refractivity contribution in [3.05, 3.63) is 35.6 Å². The van der Waals surface area contributed by atoms with E-state index in [2.05, 4.69) is 50.4 Å². The van der Waals surface area contributed by atoms with Crippen molar-refractivity contribution in [2.24, 2.45) is 5.92 Å². The van der Waals surface area contributed by atoms with Gasteiger partial charge in [-0.15, -0.1) is 0 Å². The minimum Gasteiger partial charge on any atom is -0.385 e. The maximum absolute atomic E-state index is 3.39. The fourth-order valence-electron chi connectivity index (χ4n) is 1.45. The molecule has 0 bridgehead atoms. The lowest BCUT2D eigenvalue weighted by molar-refractivity contribution is 0.857. The van der Waals surface area contributed by atoms with Crippen LogP contribution in [-0.4, -0.2) is 6.54 Å². The fraction of sp³-hybridized carbons (Fsp3) is 0.500. The topological polar surface area (TPSA) is 12.0 Å². The number of nitrogens with one attached hydrogen (secondary N) is 1. The normalized spacial score (nSPS) is 21.9. The Hall–Kier alpha value is -0.980. The smallest absolute Gasteiger partial charge is 0.0369 e. The van der Waals surface area contributed by atoms with E-state index in [4.69, 9.17) is 0 Å². The molecule has 0 amide bonds. The van der Waals surface area contributed by atoms with Crippen molar-refractivity contribution in [2.45, 2.75) is 27.2 Å². The molecule has 0 saturated heterocycles. The van der Waals surface area contributed by atoms with Gasteiger partial charge in [0.1, 0.15) is 0 Å². The maximum atomic E-state index is 3.39. The second kappa shape index (κ2) is 4.90. The van der Waals surface area contributed by atoms with E-state index in [-0.39, 0.29) is 0 Å². The van der Waals surface area contributed by atoms with Gasteiger partial charge in [0.05, 0.1) is 0 Å². The molecule has 72 valence electrons. The Labute approximate surface area is 81.2 Å². The van der Waals surface area contributed by atoms with Crippen LogP contribution >= 0.6 is 0 Å². The molecule has 0 saturated carbocycles. The number of rotatable bonds is 3. The molecule has 1 nitrogen and oxygen atoms in total. The van der Waals surface area contributed by atoms with E-state index in [1.807, 2.05) is 0 Å². The maximum Gasteiger partial charge on any atom is 0.0369 e. The van der Waals surface area contributed by atoms with Crippen molar-refractivity contribution in [3.63, 3.8) is 0 Å². The third-order valence-corrected chi connectivity index (χ3v) is 2.26. The number of hydrogen-bond acceptors (Lipinski definition) is 1. The molecule has 1 unspecified atom stereocenters. The lowest BCUT2D eigenvalue weighted by Gasteiger charge is -2.07. The van der Waals surface area contributed by atoms with Gasteiger partial charge in [0, 0.05) is 12.2 Å². The second-order valence-electron chi connectivity index (χ2n) is 3.40. The van der Waals surface area contributed by atoms with Crippen LogP contribution in [0, 0.1) is 5.92 Å². The Morgan fingerprint density at radius 1 is 1.23 bits per heavy atom. The third-order valence-electron chi connectivity index (χ3n) is 2.26. The van der Waals surface area contributed by atoms with E-state index in [9.17, 15) is 0 Å². The summed E-state index contributed by atoms with van der Waals surface area (Å²) in [5.74, 6) is 0.553. The molecule has 1 heteroatoms. The molecule has 0 radical (unpaired) electrons. The highest BCUT2D eigenvalue weighted by molar-refractivity contribution is 5.35. The van der Waals surface area contributed by atoms with Gasteiger partial charge in [0.15, 0.2) is 0 Å². The number of likely N-dealkylation sites (N-methyl/N-ethyl adjacent to an activating group) is 1. The molecule has 0 aromatic carbocycles. The first kappa shape index (κ1) is 10.1. The summed E-state index contributed by atoms with van der Waals surface area (Å²) in [6, 6.07) is 0. The summed E-state index contributed by atoms with van der Waals surface area (Å²) in [4.78, 5) is 0. The Kier molecular flexibility index (Phi) is 3.81. The summed E-state index contributed by atoms with van der Waals surface area (Å²) in [6.07, 6.45) is 10.0. The lowest BCUT2D eigenvalue weighted by atomic mass is 10.1. The van der Waals surface area contributed by atoms with Gasteiger partial charge in [-0.25, -0.2) is 0 Å². The van der Waals surface area contributed by atoms with Gasteiger partial charge in [-0.2, -0.15) is 0 Å². The van der Waals surface area contributed by atoms with Gasteiger partial charge in [-0.05, 0) is 30.9 Å². The predicted molar refractivity (Wildman–Crippen MR) is 58.4 cm³/mol. The van der Waals surface area contributed by atoms with Crippen LogP contribution in [0.3, 0.4) is 0 Å². The molecule has 0 heterocycles. The Balaban J connectivity index is 2.87. The zero-order valence-electron chi connectivity index (χ0n) is 8.80. The molecular formula is C12H19N. The van der Waals surface area contributed by atoms with Gasteiger partial charge >= 0.3 is 0 Å². The average molecular weight is 177 g/mol. The highest BCUT2D eigenvalue weighted by Crippen LogP contribution is 2.16. The minimum absolute atomic E-state index is 0.553. The highest BCUT2D eigenvalue weighted by Gasteiger charge is 2.02. The quantitative estimate of drug-likeness (QED) is 0.698. The first-order valence-electron chi connectivity index (χ1n) is 5.11. The molecule has 1 rings (SSSR count). The predicted octanol–water partition coefficient (Wildman–Crippen LogP) is 3.02. The molecule has 1 aliphatic rings. The van der Waals surface area contributed by atoms with Gasteiger partial charge in [0.2, 0.25) is 0 Å². The Morgan fingerprint density at radius 2 is 1.92 bits per heavy atom. The van der Waals surface area contributed by atoms with E-state index in [1.165, 1.54) is 11.3 Å². The van der Waals surface area contributed by atoms with E-state index in [0.717, 1.165) is 13.0 Å². The van der Waals surface area contributed by atoms with E-state index in [1.54, 1.807) is 0 Å². The van der Waals surface area contributed by atoms with Crippen LogP contribution in [0.2, 0.25) is 0 Å². The SMILES string of the molecule is CCNC1=C(CC)C=CC(C)C=C1. The summed E-state index contributed by atoms with van der Waals surface area (Å²) in [7, 11) is 0. The van der Waals surface area contributed by atoms with Crippen LogP contribution < -0.4 is 5.32 Å². The van der Waals surface area contributed by atoms with E-state index in [0.29, 0.717) is 5.92 Å². The van der Waals surface area contributed by atoms with Crippen LogP contribution in [0.15, 0.2) is 35.6 Å². The lowest BCUT2D eigenvalue weighted by Crippen LogP contribution is -2.12. The van der Waals surface area contributed by atoms with Crippen LogP contribution in [0.1, 0.15) is 27.2 Å². The van der Waals surface area contributed by atoms with Crippen LogP contribution in [0.4, 0.5) is 0 Å². The van der Waals surface area contributed by atoms with E-state index < -0.39 is 0 Å². The first-order chi connectivity index (χ1) is 6.27. The molecule has 1 atom stereocenters. The molecule has 0 aromatic heterocycles. The number of allylic oxidation sites excluding steroid dienone is 5. The van der Waals surface area contributed by atoms with Crippen LogP contribution in [-0.2, 0) is 0 Å². The summed E-state index contributed by atoms with van der Waals surface area (Å²) >= 11 is 0. The molecule has 0 aliphatic heterocycles. The standard InChI is InChI=1S/C12H19N/c1-4-11-8-6-10(3)7-9-12(11)13-5-2/h6-10,13H,4-5H2,1-3H3. The van der Waals surface area contributed by atoms with Gasteiger partial charge in [0.25, 0.3) is 0 Å². The molecule has 13 heavy (non-hydrogen) atoms. The summed E-state index contributed by atoms with van der Waals surface area (Å²) in [5, 5.41) is 3.39. The summed E-state index contributed by atoms with van der Waals surface area (Å²) < 4.78 is 0. The van der Waals surface area contributed by atoms with Crippen LogP contribution in [0.5, 0.6) is 0 Å². The van der Waals surface area contributed by atoms with Crippen molar-refractivity contribution in [1.82, 2.24) is 5.32 Å². The minimum atomic E-state index is 0.553. The third kappa shape index (κ3) is 2.76. The summed E-state index contributed by atoms with van der Waals surface area (Å²) in [5.41, 5.74) is 2.69. The summed E-state index contributed by atoms with van der Waals surface area (Å²) in [6.45, 7) is 7.52. The van der Waals surface area contributed by atoms with E-state index >= 15 is 0 Å². The van der Waals surface area contributed by atoms with Crippen molar-refractivity contribution in [3.8, 4) is 0 Å². The fourth-order valence-corrected chi connectivity index (χ4v) is 1.45. The van der Waals surface area contributed by atoms with Crippen molar-refractivity contribution < 1.29 is 0 Å². The van der Waals surface area contributed by atoms with Crippen LogP contribution in [0.25, 0.3) is 0 Å². The molecule has 0 aromatic rings. The zero-order chi connectivity index (χ0) is 9.68.